The van der Waals surface area contributed by atoms with Crippen molar-refractivity contribution in [3.63, 3.8) is 0 Å². The normalized spacial score (nSPS) is 15.9. The van der Waals surface area contributed by atoms with Gasteiger partial charge in [-0.15, -0.1) is 6.58 Å². The lowest BCUT2D eigenvalue weighted by Gasteiger charge is -2.25. The molecule has 3 nitrogen and oxygen atoms in total. The molecular formula is C8H24O3Si4. The fourth-order valence-corrected chi connectivity index (χ4v) is 8.21. The highest BCUT2D eigenvalue weighted by Crippen LogP contribution is 2.07. The second kappa shape index (κ2) is 6.28. The summed E-state index contributed by atoms with van der Waals surface area (Å²) >= 11 is 0. The van der Waals surface area contributed by atoms with Crippen LogP contribution in [0.3, 0.4) is 0 Å². The van der Waals surface area contributed by atoms with E-state index in [9.17, 15) is 0 Å². The van der Waals surface area contributed by atoms with Crippen molar-refractivity contribution in [2.45, 2.75) is 39.3 Å². The van der Waals surface area contributed by atoms with E-state index in [1.807, 2.05) is 5.70 Å². The first-order valence-corrected chi connectivity index (χ1v) is 14.8. The van der Waals surface area contributed by atoms with E-state index in [1.165, 1.54) is 0 Å². The Labute approximate surface area is 100.0 Å². The summed E-state index contributed by atoms with van der Waals surface area (Å²) in [5.41, 5.74) is 1.85. The van der Waals surface area contributed by atoms with Gasteiger partial charge in [0.05, 0.1) is 0 Å². The summed E-state index contributed by atoms with van der Waals surface area (Å²) < 4.78 is 17.4. The fraction of sp³-hybridized carbons (Fsp3) is 0.750. The Morgan fingerprint density at radius 2 is 1.60 bits per heavy atom. The van der Waals surface area contributed by atoms with Crippen molar-refractivity contribution in [2.75, 3.05) is 0 Å². The lowest BCUT2D eigenvalue weighted by molar-refractivity contribution is 0.399. The predicted octanol–water partition coefficient (Wildman–Crippen LogP) is 1.65. The molecule has 0 aromatic carbocycles. The molecule has 0 aliphatic heterocycles. The van der Waals surface area contributed by atoms with Crippen LogP contribution in [0.25, 0.3) is 0 Å². The molecule has 0 aliphatic rings. The molecule has 0 bridgehead atoms. The summed E-state index contributed by atoms with van der Waals surface area (Å²) in [6.07, 6.45) is 0. The molecule has 0 amide bonds. The molecule has 0 aromatic rings. The van der Waals surface area contributed by atoms with Crippen molar-refractivity contribution in [1.82, 2.24) is 0 Å². The Morgan fingerprint density at radius 1 is 1.07 bits per heavy atom. The molecule has 0 aromatic heterocycles. The van der Waals surface area contributed by atoms with Crippen molar-refractivity contribution in [1.29, 1.82) is 0 Å². The molecule has 0 saturated heterocycles. The second-order valence-corrected chi connectivity index (χ2v) is 18.7. The third kappa shape index (κ3) is 10.8. The molecule has 15 heavy (non-hydrogen) atoms. The van der Waals surface area contributed by atoms with Gasteiger partial charge in [-0.2, -0.15) is 0 Å². The maximum absolute atomic E-state index is 5.91. The van der Waals surface area contributed by atoms with Crippen molar-refractivity contribution >= 4 is 35.9 Å². The standard InChI is InChI=1S/C8H24O3Si4/c1-8-13(11-15(5,6)7)9-12-10-14(2,3)4/h8,13H,1,12H2,2-7H3. The number of hydrogen-bond acceptors (Lipinski definition) is 3. The number of hydrogen-bond donors (Lipinski definition) is 0. The summed E-state index contributed by atoms with van der Waals surface area (Å²) in [4.78, 5) is 0. The lowest BCUT2D eigenvalue weighted by Crippen LogP contribution is -2.38. The van der Waals surface area contributed by atoms with Gasteiger partial charge in [0.1, 0.15) is 0 Å². The van der Waals surface area contributed by atoms with Crippen molar-refractivity contribution in [3.8, 4) is 0 Å². The van der Waals surface area contributed by atoms with Gasteiger partial charge >= 0.3 is 9.28 Å². The summed E-state index contributed by atoms with van der Waals surface area (Å²) in [5.74, 6) is 0. The largest absolute Gasteiger partial charge is 0.441 e. The van der Waals surface area contributed by atoms with Crippen molar-refractivity contribution in [2.24, 2.45) is 0 Å². The van der Waals surface area contributed by atoms with E-state index < -0.39 is 35.9 Å². The molecule has 0 heterocycles. The van der Waals surface area contributed by atoms with Crippen LogP contribution in [0.5, 0.6) is 0 Å². The highest BCUT2D eigenvalue weighted by Gasteiger charge is 2.22. The summed E-state index contributed by atoms with van der Waals surface area (Å²) in [6.45, 7) is 16.8. The van der Waals surface area contributed by atoms with Crippen molar-refractivity contribution in [3.05, 3.63) is 12.3 Å². The van der Waals surface area contributed by atoms with Crippen LogP contribution in [0.1, 0.15) is 0 Å². The Morgan fingerprint density at radius 3 is 1.93 bits per heavy atom. The maximum atomic E-state index is 5.91. The minimum absolute atomic E-state index is 0.871. The molecule has 0 N–H and O–H groups in total. The average Bonchev–Trinajstić information content (AvgIpc) is 1.97. The Balaban J connectivity index is 3.87. The van der Waals surface area contributed by atoms with Gasteiger partial charge in [0.25, 0.3) is 10.0 Å². The summed E-state index contributed by atoms with van der Waals surface area (Å²) in [5, 5.41) is 0. The topological polar surface area (TPSA) is 27.7 Å². The quantitative estimate of drug-likeness (QED) is 0.664. The van der Waals surface area contributed by atoms with Crippen LogP contribution in [0.4, 0.5) is 0 Å². The van der Waals surface area contributed by atoms with E-state index in [0.717, 1.165) is 0 Å². The molecule has 7 heteroatoms. The molecule has 0 saturated carbocycles. The second-order valence-electron chi connectivity index (χ2n) is 5.38. The molecule has 1 unspecified atom stereocenters. The first-order valence-electron chi connectivity index (χ1n) is 5.20. The van der Waals surface area contributed by atoms with Gasteiger partial charge in [-0.25, -0.2) is 0 Å². The molecular weight excluding hydrogens is 256 g/mol. The van der Waals surface area contributed by atoms with Crippen LogP contribution in [-0.4, -0.2) is 35.9 Å². The van der Waals surface area contributed by atoms with Crippen LogP contribution in [-0.2, 0) is 12.3 Å². The minimum Gasteiger partial charge on any atom is -0.441 e. The van der Waals surface area contributed by atoms with E-state index in [-0.39, 0.29) is 0 Å². The van der Waals surface area contributed by atoms with Gasteiger partial charge in [-0.05, 0) is 39.3 Å². The van der Waals surface area contributed by atoms with E-state index in [4.69, 9.17) is 12.3 Å². The van der Waals surface area contributed by atoms with Crippen LogP contribution >= 0.6 is 0 Å². The number of rotatable bonds is 7. The SMILES string of the molecule is C=C[SiH](O[SiH2]O[Si](C)(C)C)O[Si](C)(C)C. The zero-order chi connectivity index (χ0) is 12.1. The third-order valence-corrected chi connectivity index (χ3v) is 11.3. The minimum atomic E-state index is -1.64. The van der Waals surface area contributed by atoms with E-state index in [1.54, 1.807) is 0 Å². The van der Waals surface area contributed by atoms with Gasteiger partial charge in [0.15, 0.2) is 16.6 Å². The smallest absolute Gasteiger partial charge is 0.328 e. The highest BCUT2D eigenvalue weighted by molar-refractivity contribution is 6.78. The molecule has 0 spiro atoms. The van der Waals surface area contributed by atoms with Gasteiger partial charge in [-0.3, -0.25) is 0 Å². The fourth-order valence-electron chi connectivity index (χ4n) is 0.776. The maximum Gasteiger partial charge on any atom is 0.328 e. The first-order chi connectivity index (χ1) is 6.64. The van der Waals surface area contributed by atoms with Gasteiger partial charge < -0.3 is 12.3 Å². The first kappa shape index (κ1) is 15.5. The Kier molecular flexibility index (Phi) is 6.48. The van der Waals surface area contributed by atoms with Crippen LogP contribution in [0, 0.1) is 0 Å². The molecule has 0 aliphatic carbocycles. The zero-order valence-corrected chi connectivity index (χ0v) is 15.4. The molecule has 1 atom stereocenters. The zero-order valence-electron chi connectivity index (χ0n) is 10.8. The third-order valence-electron chi connectivity index (χ3n) is 1.39. The predicted molar refractivity (Wildman–Crippen MR) is 75.8 cm³/mol. The van der Waals surface area contributed by atoms with E-state index in [0.29, 0.717) is 0 Å². The van der Waals surface area contributed by atoms with Crippen molar-refractivity contribution < 1.29 is 12.3 Å². The Bertz CT molecular complexity index is 197. The van der Waals surface area contributed by atoms with Gasteiger partial charge in [0.2, 0.25) is 0 Å². The summed E-state index contributed by atoms with van der Waals surface area (Å²) in [7, 11) is -5.42. The molecule has 0 rings (SSSR count). The van der Waals surface area contributed by atoms with Crippen LogP contribution in [0.2, 0.25) is 39.3 Å². The highest BCUT2D eigenvalue weighted by atomic mass is 28.4. The molecule has 90 valence electrons. The Hall–Kier alpha value is 0.488. The molecule has 0 radical (unpaired) electrons. The van der Waals surface area contributed by atoms with E-state index >= 15 is 0 Å². The van der Waals surface area contributed by atoms with E-state index in [2.05, 4.69) is 45.9 Å². The van der Waals surface area contributed by atoms with Crippen LogP contribution < -0.4 is 0 Å². The average molecular weight is 281 g/mol. The van der Waals surface area contributed by atoms with Gasteiger partial charge in [0, 0.05) is 0 Å². The molecule has 0 fully saturated rings. The van der Waals surface area contributed by atoms with Crippen LogP contribution in [0.15, 0.2) is 12.3 Å². The monoisotopic (exact) mass is 280 g/mol. The summed E-state index contributed by atoms with van der Waals surface area (Å²) in [6, 6.07) is 0. The van der Waals surface area contributed by atoms with Gasteiger partial charge in [-0.1, -0.05) is 5.70 Å². The lowest BCUT2D eigenvalue weighted by atomic mass is 11.3.